The Bertz CT molecular complexity index is 275. The van der Waals surface area contributed by atoms with Gasteiger partial charge in [-0.25, -0.2) is 0 Å². The van der Waals surface area contributed by atoms with Crippen LogP contribution in [0.3, 0.4) is 0 Å². The second kappa shape index (κ2) is 4.56. The quantitative estimate of drug-likeness (QED) is 0.719. The number of hydrogen-bond acceptors (Lipinski definition) is 2. The molecule has 1 N–H and O–H groups in total. The van der Waals surface area contributed by atoms with Crippen LogP contribution in [0.15, 0.2) is 18.3 Å². The molecule has 0 aliphatic heterocycles. The molecule has 2 heteroatoms. The van der Waals surface area contributed by atoms with Crippen LogP contribution >= 0.6 is 0 Å². The van der Waals surface area contributed by atoms with E-state index in [0.29, 0.717) is 0 Å². The summed E-state index contributed by atoms with van der Waals surface area (Å²) >= 11 is 0. The molecule has 1 aromatic rings. The average molecular weight is 190 g/mol. The summed E-state index contributed by atoms with van der Waals surface area (Å²) in [7, 11) is 0. The maximum Gasteiger partial charge on any atom is 0.0372 e. The summed E-state index contributed by atoms with van der Waals surface area (Å²) in [6.07, 6.45) is 7.12. The van der Waals surface area contributed by atoms with E-state index in [1.807, 2.05) is 13.1 Å². The highest BCUT2D eigenvalue weighted by atomic mass is 14.9. The van der Waals surface area contributed by atoms with Crippen LogP contribution in [-0.4, -0.2) is 17.6 Å². The van der Waals surface area contributed by atoms with Crippen molar-refractivity contribution >= 4 is 0 Å². The molecule has 0 aromatic carbocycles. The molecular weight excluding hydrogens is 172 g/mol. The van der Waals surface area contributed by atoms with Crippen molar-refractivity contribution in [2.75, 3.05) is 6.54 Å². The van der Waals surface area contributed by atoms with E-state index in [9.17, 15) is 0 Å². The molecule has 0 radical (unpaired) electrons. The molecule has 1 aliphatic carbocycles. The van der Waals surface area contributed by atoms with Crippen LogP contribution in [0, 0.1) is 6.92 Å². The lowest BCUT2D eigenvalue weighted by atomic mass is 10.1. The van der Waals surface area contributed by atoms with E-state index in [2.05, 4.69) is 22.4 Å². The number of pyridine rings is 1. The summed E-state index contributed by atoms with van der Waals surface area (Å²) in [5.41, 5.74) is 2.46. The maximum absolute atomic E-state index is 4.28. The smallest absolute Gasteiger partial charge is 0.0372 e. The molecule has 0 saturated heterocycles. The predicted octanol–water partition coefficient (Wildman–Crippen LogP) is 2.07. The Hall–Kier alpha value is -0.890. The Labute approximate surface area is 85.7 Å². The van der Waals surface area contributed by atoms with Gasteiger partial charge < -0.3 is 5.32 Å². The van der Waals surface area contributed by atoms with Gasteiger partial charge >= 0.3 is 0 Å². The lowest BCUT2D eigenvalue weighted by Gasteiger charge is -2.02. The fourth-order valence-corrected chi connectivity index (χ4v) is 1.53. The van der Waals surface area contributed by atoms with Gasteiger partial charge in [0.25, 0.3) is 0 Å². The zero-order valence-corrected chi connectivity index (χ0v) is 8.79. The fourth-order valence-electron chi connectivity index (χ4n) is 1.53. The number of aromatic nitrogens is 1. The molecule has 1 saturated carbocycles. The molecular formula is C12H18N2. The summed E-state index contributed by atoms with van der Waals surface area (Å²) in [4.78, 5) is 4.28. The first-order chi connectivity index (χ1) is 6.84. The SMILES string of the molecule is Cc1ccc(CCCNC2CC2)cn1. The maximum atomic E-state index is 4.28. The van der Waals surface area contributed by atoms with E-state index in [1.54, 1.807) is 0 Å². The Morgan fingerprint density at radius 2 is 2.29 bits per heavy atom. The fraction of sp³-hybridized carbons (Fsp3) is 0.583. The van der Waals surface area contributed by atoms with Crippen molar-refractivity contribution < 1.29 is 0 Å². The molecule has 0 spiro atoms. The van der Waals surface area contributed by atoms with Crippen molar-refractivity contribution in [3.05, 3.63) is 29.6 Å². The van der Waals surface area contributed by atoms with Gasteiger partial charge in [-0.1, -0.05) is 6.07 Å². The summed E-state index contributed by atoms with van der Waals surface area (Å²) in [5, 5.41) is 3.52. The number of nitrogens with zero attached hydrogens (tertiary/aromatic N) is 1. The topological polar surface area (TPSA) is 24.9 Å². The van der Waals surface area contributed by atoms with Crippen molar-refractivity contribution in [2.45, 2.75) is 38.6 Å². The first-order valence-electron chi connectivity index (χ1n) is 5.49. The molecule has 0 bridgehead atoms. The van der Waals surface area contributed by atoms with Crippen LogP contribution in [0.2, 0.25) is 0 Å². The van der Waals surface area contributed by atoms with Crippen LogP contribution in [0.25, 0.3) is 0 Å². The van der Waals surface area contributed by atoms with Crippen LogP contribution in [0.5, 0.6) is 0 Å². The number of aryl methyl sites for hydroxylation is 2. The van der Waals surface area contributed by atoms with Gasteiger partial charge in [0.2, 0.25) is 0 Å². The number of nitrogens with one attached hydrogen (secondary N) is 1. The Morgan fingerprint density at radius 3 is 2.93 bits per heavy atom. The lowest BCUT2D eigenvalue weighted by molar-refractivity contribution is 0.645. The molecule has 0 amide bonds. The highest BCUT2D eigenvalue weighted by Crippen LogP contribution is 2.18. The Morgan fingerprint density at radius 1 is 1.43 bits per heavy atom. The molecule has 1 aliphatic rings. The minimum Gasteiger partial charge on any atom is -0.314 e. The van der Waals surface area contributed by atoms with Crippen molar-refractivity contribution in [3.63, 3.8) is 0 Å². The van der Waals surface area contributed by atoms with Crippen molar-refractivity contribution in [1.82, 2.24) is 10.3 Å². The standard InChI is InChI=1S/C12H18N2/c1-10-4-5-11(9-14-10)3-2-8-13-12-6-7-12/h4-5,9,12-13H,2-3,6-8H2,1H3. The summed E-state index contributed by atoms with van der Waals surface area (Å²) < 4.78 is 0. The predicted molar refractivity (Wildman–Crippen MR) is 58.3 cm³/mol. The highest BCUT2D eigenvalue weighted by molar-refractivity contribution is 5.13. The van der Waals surface area contributed by atoms with Crippen molar-refractivity contribution in [2.24, 2.45) is 0 Å². The third-order valence-corrected chi connectivity index (χ3v) is 2.63. The van der Waals surface area contributed by atoms with E-state index in [0.717, 1.165) is 24.7 Å². The molecule has 76 valence electrons. The lowest BCUT2D eigenvalue weighted by Crippen LogP contribution is -2.17. The van der Waals surface area contributed by atoms with E-state index in [4.69, 9.17) is 0 Å². The van der Waals surface area contributed by atoms with Gasteiger partial charge in [-0.15, -0.1) is 0 Å². The molecule has 1 fully saturated rings. The minimum atomic E-state index is 0.839. The van der Waals surface area contributed by atoms with Crippen molar-refractivity contribution in [3.8, 4) is 0 Å². The third-order valence-electron chi connectivity index (χ3n) is 2.63. The summed E-state index contributed by atoms with van der Waals surface area (Å²) in [6, 6.07) is 5.11. The van der Waals surface area contributed by atoms with Gasteiger partial charge in [-0.2, -0.15) is 0 Å². The van der Waals surface area contributed by atoms with E-state index in [1.165, 1.54) is 24.8 Å². The first-order valence-corrected chi connectivity index (χ1v) is 5.49. The molecule has 14 heavy (non-hydrogen) atoms. The van der Waals surface area contributed by atoms with Gasteiger partial charge in [0.1, 0.15) is 0 Å². The molecule has 1 aromatic heterocycles. The van der Waals surface area contributed by atoms with Gasteiger partial charge in [-0.3, -0.25) is 4.98 Å². The van der Waals surface area contributed by atoms with Gasteiger partial charge in [0.15, 0.2) is 0 Å². The molecule has 2 rings (SSSR count). The third kappa shape index (κ3) is 3.11. The zero-order valence-electron chi connectivity index (χ0n) is 8.79. The minimum absolute atomic E-state index is 0.839. The van der Waals surface area contributed by atoms with Gasteiger partial charge in [-0.05, 0) is 50.8 Å². The molecule has 0 atom stereocenters. The average Bonchev–Trinajstić information content (AvgIpc) is 2.99. The second-order valence-electron chi connectivity index (χ2n) is 4.14. The van der Waals surface area contributed by atoms with E-state index in [-0.39, 0.29) is 0 Å². The van der Waals surface area contributed by atoms with Crippen LogP contribution in [0.1, 0.15) is 30.5 Å². The first kappa shape index (κ1) is 9.66. The van der Waals surface area contributed by atoms with Crippen LogP contribution < -0.4 is 5.32 Å². The monoisotopic (exact) mass is 190 g/mol. The summed E-state index contributed by atoms with van der Waals surface area (Å²) in [5.74, 6) is 0. The Balaban J connectivity index is 1.66. The van der Waals surface area contributed by atoms with E-state index >= 15 is 0 Å². The van der Waals surface area contributed by atoms with Crippen LogP contribution in [-0.2, 0) is 6.42 Å². The van der Waals surface area contributed by atoms with Gasteiger partial charge in [0, 0.05) is 17.9 Å². The number of rotatable bonds is 5. The molecule has 1 heterocycles. The highest BCUT2D eigenvalue weighted by Gasteiger charge is 2.19. The molecule has 0 unspecified atom stereocenters. The van der Waals surface area contributed by atoms with E-state index < -0.39 is 0 Å². The summed E-state index contributed by atoms with van der Waals surface area (Å²) in [6.45, 7) is 3.18. The largest absolute Gasteiger partial charge is 0.314 e. The van der Waals surface area contributed by atoms with Crippen LogP contribution in [0.4, 0.5) is 0 Å². The molecule has 2 nitrogen and oxygen atoms in total. The van der Waals surface area contributed by atoms with Gasteiger partial charge in [0.05, 0.1) is 0 Å². The van der Waals surface area contributed by atoms with Crippen molar-refractivity contribution in [1.29, 1.82) is 0 Å². The Kier molecular flexibility index (Phi) is 3.14. The zero-order chi connectivity index (χ0) is 9.80. The second-order valence-corrected chi connectivity index (χ2v) is 4.14. The number of hydrogen-bond donors (Lipinski definition) is 1. The normalized spacial score (nSPS) is 15.8.